The van der Waals surface area contributed by atoms with Gasteiger partial charge in [-0.1, -0.05) is 6.07 Å². The predicted molar refractivity (Wildman–Crippen MR) is 122 cm³/mol. The van der Waals surface area contributed by atoms with E-state index in [1.165, 1.54) is 6.07 Å². The summed E-state index contributed by atoms with van der Waals surface area (Å²) in [5.41, 5.74) is 0.655. The Morgan fingerprint density at radius 1 is 1.11 bits per heavy atom. The summed E-state index contributed by atoms with van der Waals surface area (Å²) in [7, 11) is 1.62. The average molecular weight is 489 g/mol. The molecule has 1 amide bonds. The van der Waals surface area contributed by atoms with Crippen molar-refractivity contribution in [3.05, 3.63) is 53.4 Å². The number of alkyl halides is 3. The molecule has 2 aromatic carbocycles. The molecule has 1 aromatic heterocycles. The van der Waals surface area contributed by atoms with Gasteiger partial charge in [-0.05, 0) is 68.0 Å². The first-order chi connectivity index (χ1) is 16.8. The maximum absolute atomic E-state index is 13.0. The number of ether oxygens (including phenoxy) is 2. The van der Waals surface area contributed by atoms with Crippen LogP contribution in [0.2, 0.25) is 0 Å². The molecule has 2 heterocycles. The lowest BCUT2D eigenvalue weighted by Gasteiger charge is -2.29. The first-order valence-corrected chi connectivity index (χ1v) is 11.9. The Morgan fingerprint density at radius 2 is 1.91 bits per heavy atom. The van der Waals surface area contributed by atoms with Gasteiger partial charge in [-0.15, -0.1) is 0 Å². The van der Waals surface area contributed by atoms with E-state index in [1.807, 2.05) is 18.2 Å². The quantitative estimate of drug-likeness (QED) is 0.486. The van der Waals surface area contributed by atoms with Gasteiger partial charge in [0.2, 0.25) is 5.91 Å². The fraction of sp³-hybridized carbons (Fsp3) is 0.462. The van der Waals surface area contributed by atoms with Crippen molar-refractivity contribution in [2.45, 2.75) is 56.7 Å². The topological polar surface area (TPSA) is 73.6 Å². The van der Waals surface area contributed by atoms with E-state index in [4.69, 9.17) is 13.9 Å². The minimum atomic E-state index is -4.46. The van der Waals surface area contributed by atoms with Crippen LogP contribution in [0.15, 0.2) is 40.8 Å². The van der Waals surface area contributed by atoms with Crippen LogP contribution in [0.4, 0.5) is 13.2 Å². The fourth-order valence-corrected chi connectivity index (χ4v) is 5.01. The number of carbonyl (C=O) groups is 1. The van der Waals surface area contributed by atoms with Crippen LogP contribution in [0.3, 0.4) is 0 Å². The molecule has 6 nitrogen and oxygen atoms in total. The lowest BCUT2D eigenvalue weighted by molar-refractivity contribution is -0.137. The van der Waals surface area contributed by atoms with E-state index in [2.05, 4.69) is 10.3 Å². The van der Waals surface area contributed by atoms with Crippen molar-refractivity contribution < 1.29 is 31.9 Å². The minimum absolute atomic E-state index is 0.0516. The Bertz CT molecular complexity index is 1220. The van der Waals surface area contributed by atoms with Crippen molar-refractivity contribution in [3.63, 3.8) is 0 Å². The zero-order valence-corrected chi connectivity index (χ0v) is 19.4. The third-order valence-corrected chi connectivity index (χ3v) is 6.90. The molecule has 1 aliphatic heterocycles. The van der Waals surface area contributed by atoms with E-state index in [0.29, 0.717) is 24.5 Å². The second kappa shape index (κ2) is 9.43. The number of methoxy groups -OCH3 is 1. The molecule has 9 heteroatoms. The number of halogens is 3. The normalized spacial score (nSPS) is 21.3. The highest BCUT2D eigenvalue weighted by Gasteiger charge is 2.33. The van der Waals surface area contributed by atoms with Crippen LogP contribution in [-0.4, -0.2) is 30.6 Å². The molecule has 35 heavy (non-hydrogen) atoms. The number of piperidine rings is 1. The molecular weight excluding hydrogens is 461 g/mol. The monoisotopic (exact) mass is 488 g/mol. The lowest BCUT2D eigenvalue weighted by atomic mass is 9.83. The lowest BCUT2D eigenvalue weighted by Crippen LogP contribution is -2.41. The Kier molecular flexibility index (Phi) is 6.34. The van der Waals surface area contributed by atoms with Crippen LogP contribution >= 0.6 is 0 Å². The number of aromatic nitrogens is 1. The molecule has 2 aliphatic rings. The molecule has 186 valence electrons. The van der Waals surface area contributed by atoms with Gasteiger partial charge in [0.15, 0.2) is 23.0 Å². The average Bonchev–Trinajstić information content (AvgIpc) is 3.48. The van der Waals surface area contributed by atoms with E-state index in [0.717, 1.165) is 43.4 Å². The molecule has 5 rings (SSSR count). The van der Waals surface area contributed by atoms with Gasteiger partial charge in [0.25, 0.3) is 0 Å². The number of rotatable bonds is 6. The van der Waals surface area contributed by atoms with Gasteiger partial charge in [0.05, 0.1) is 18.8 Å². The first-order valence-electron chi connectivity index (χ1n) is 11.9. The molecule has 0 spiro atoms. The number of benzene rings is 2. The minimum Gasteiger partial charge on any atom is -0.493 e. The zero-order chi connectivity index (χ0) is 24.6. The number of nitrogens with zero attached hydrogens (tertiary/aromatic N) is 1. The summed E-state index contributed by atoms with van der Waals surface area (Å²) in [6, 6.07) is 9.07. The van der Waals surface area contributed by atoms with Crippen molar-refractivity contribution in [3.8, 4) is 11.5 Å². The van der Waals surface area contributed by atoms with Gasteiger partial charge in [0, 0.05) is 24.8 Å². The maximum Gasteiger partial charge on any atom is 0.416 e. The third kappa shape index (κ3) is 5.09. The molecule has 0 unspecified atom stereocenters. The smallest absolute Gasteiger partial charge is 0.416 e. The summed E-state index contributed by atoms with van der Waals surface area (Å²) < 4.78 is 56.4. The highest BCUT2D eigenvalue weighted by atomic mass is 19.4. The standard InChI is InChI=1S/C26H27F3N2O4/c1-33-22-8-6-15(11-23(22)34-19-4-2-3-5-19)17-10-16(25(32)30-14-17)12-24-31-20-13-18(26(27,28)29)7-9-21(20)35-24/h6-9,11,13,16-17,19H,2-5,10,12,14H2,1H3,(H,30,32)/t16-,17+/m0/s1. The van der Waals surface area contributed by atoms with Crippen LogP contribution in [0.25, 0.3) is 11.1 Å². The molecule has 2 atom stereocenters. The summed E-state index contributed by atoms with van der Waals surface area (Å²) in [6.07, 6.45) is 0.895. The number of hydrogen-bond donors (Lipinski definition) is 1. The summed E-state index contributed by atoms with van der Waals surface area (Å²) in [5, 5.41) is 2.96. The molecule has 0 radical (unpaired) electrons. The number of amides is 1. The first kappa shape index (κ1) is 23.5. The second-order valence-electron chi connectivity index (χ2n) is 9.30. The molecule has 1 saturated heterocycles. The highest BCUT2D eigenvalue weighted by molar-refractivity contribution is 5.80. The second-order valence-corrected chi connectivity index (χ2v) is 9.30. The highest BCUT2D eigenvalue weighted by Crippen LogP contribution is 2.37. The number of carbonyl (C=O) groups excluding carboxylic acids is 1. The largest absolute Gasteiger partial charge is 0.493 e. The summed E-state index contributed by atoms with van der Waals surface area (Å²) >= 11 is 0. The molecular formula is C26H27F3N2O4. The molecule has 1 aliphatic carbocycles. The van der Waals surface area contributed by atoms with E-state index >= 15 is 0 Å². The summed E-state index contributed by atoms with van der Waals surface area (Å²) in [4.78, 5) is 16.8. The number of oxazole rings is 1. The van der Waals surface area contributed by atoms with Crippen molar-refractivity contribution >= 4 is 17.0 Å². The van der Waals surface area contributed by atoms with E-state index < -0.39 is 17.7 Å². The summed E-state index contributed by atoms with van der Waals surface area (Å²) in [6.45, 7) is 0.493. The van der Waals surface area contributed by atoms with Crippen molar-refractivity contribution in [2.75, 3.05) is 13.7 Å². The van der Waals surface area contributed by atoms with Crippen LogP contribution < -0.4 is 14.8 Å². The zero-order valence-electron chi connectivity index (χ0n) is 19.4. The Balaban J connectivity index is 1.33. The van der Waals surface area contributed by atoms with Crippen LogP contribution in [0.5, 0.6) is 11.5 Å². The number of fused-ring (bicyclic) bond motifs is 1. The molecule has 0 bridgehead atoms. The Hall–Kier alpha value is -3.23. The molecule has 1 N–H and O–H groups in total. The maximum atomic E-state index is 13.0. The van der Waals surface area contributed by atoms with Crippen LogP contribution in [-0.2, 0) is 17.4 Å². The van der Waals surface area contributed by atoms with Crippen molar-refractivity contribution in [1.82, 2.24) is 10.3 Å². The summed E-state index contributed by atoms with van der Waals surface area (Å²) in [5.74, 6) is 1.17. The van der Waals surface area contributed by atoms with Crippen LogP contribution in [0, 0.1) is 5.92 Å². The molecule has 1 saturated carbocycles. The van der Waals surface area contributed by atoms with Crippen molar-refractivity contribution in [2.24, 2.45) is 5.92 Å². The van der Waals surface area contributed by atoms with Gasteiger partial charge >= 0.3 is 6.18 Å². The van der Waals surface area contributed by atoms with E-state index in [1.54, 1.807) is 7.11 Å². The Morgan fingerprint density at radius 3 is 2.66 bits per heavy atom. The van der Waals surface area contributed by atoms with E-state index in [9.17, 15) is 18.0 Å². The van der Waals surface area contributed by atoms with Gasteiger partial charge in [0.1, 0.15) is 5.52 Å². The van der Waals surface area contributed by atoms with E-state index in [-0.39, 0.29) is 41.3 Å². The molecule has 3 aromatic rings. The third-order valence-electron chi connectivity index (χ3n) is 6.90. The Labute approximate surface area is 200 Å². The van der Waals surface area contributed by atoms with Gasteiger partial charge in [-0.2, -0.15) is 13.2 Å². The number of hydrogen-bond acceptors (Lipinski definition) is 5. The van der Waals surface area contributed by atoms with Gasteiger partial charge in [-0.3, -0.25) is 4.79 Å². The number of nitrogens with one attached hydrogen (secondary N) is 1. The SMILES string of the molecule is COc1ccc([C@H]2CNC(=O)[C@H](Cc3nc4cc(C(F)(F)F)ccc4o3)C2)cc1OC1CCCC1. The predicted octanol–water partition coefficient (Wildman–Crippen LogP) is 5.64. The van der Waals surface area contributed by atoms with Crippen molar-refractivity contribution in [1.29, 1.82) is 0 Å². The van der Waals surface area contributed by atoms with Crippen LogP contribution in [0.1, 0.15) is 55.0 Å². The van der Waals surface area contributed by atoms with Gasteiger partial charge in [-0.25, -0.2) is 4.98 Å². The fourth-order valence-electron chi connectivity index (χ4n) is 5.01. The molecule has 2 fully saturated rings. The van der Waals surface area contributed by atoms with Gasteiger partial charge < -0.3 is 19.2 Å².